The average molecular weight is 236 g/mol. The van der Waals surface area contributed by atoms with Crippen LogP contribution in [0, 0.1) is 0 Å². The van der Waals surface area contributed by atoms with Gasteiger partial charge in [-0.2, -0.15) is 0 Å². The zero-order valence-electron chi connectivity index (χ0n) is 9.59. The second kappa shape index (κ2) is 6.32. The van der Waals surface area contributed by atoms with Gasteiger partial charge in [0, 0.05) is 19.0 Å². The van der Waals surface area contributed by atoms with Gasteiger partial charge in [0.25, 0.3) is 5.91 Å². The molecular formula is C12H16N2O3. The van der Waals surface area contributed by atoms with Gasteiger partial charge in [0.05, 0.1) is 0 Å². The van der Waals surface area contributed by atoms with E-state index in [0.717, 1.165) is 24.8 Å². The third-order valence-corrected chi connectivity index (χ3v) is 2.61. The van der Waals surface area contributed by atoms with Gasteiger partial charge in [-0.3, -0.25) is 14.6 Å². The van der Waals surface area contributed by atoms with Crippen molar-refractivity contribution in [3.63, 3.8) is 0 Å². The van der Waals surface area contributed by atoms with E-state index in [2.05, 4.69) is 10.5 Å². The first-order valence-electron chi connectivity index (χ1n) is 5.78. The molecule has 2 heterocycles. The fourth-order valence-electron chi connectivity index (χ4n) is 1.69. The van der Waals surface area contributed by atoms with Crippen molar-refractivity contribution in [3.05, 3.63) is 30.1 Å². The first-order valence-corrected chi connectivity index (χ1v) is 5.78. The lowest BCUT2D eigenvalue weighted by molar-refractivity contribution is -0.149. The maximum atomic E-state index is 11.6. The van der Waals surface area contributed by atoms with Crippen LogP contribution >= 0.6 is 0 Å². The molecule has 1 aromatic heterocycles. The summed E-state index contributed by atoms with van der Waals surface area (Å²) in [6.45, 7) is 0.965. The van der Waals surface area contributed by atoms with E-state index in [9.17, 15) is 4.79 Å². The Bertz CT molecular complexity index is 350. The molecule has 1 amide bonds. The van der Waals surface area contributed by atoms with E-state index >= 15 is 0 Å². The summed E-state index contributed by atoms with van der Waals surface area (Å²) in [5.41, 5.74) is 3.32. The van der Waals surface area contributed by atoms with Crippen molar-refractivity contribution in [2.24, 2.45) is 0 Å². The third-order valence-electron chi connectivity index (χ3n) is 2.61. The minimum absolute atomic E-state index is 0.200. The number of ether oxygens (including phenoxy) is 1. The van der Waals surface area contributed by atoms with E-state index < -0.39 is 0 Å². The van der Waals surface area contributed by atoms with Crippen LogP contribution in [-0.4, -0.2) is 23.6 Å². The molecule has 1 N–H and O–H groups in total. The number of nitrogens with zero attached hydrogens (tertiary/aromatic N) is 1. The largest absolute Gasteiger partial charge is 0.368 e. The number of nitrogens with one attached hydrogen (secondary N) is 1. The molecule has 92 valence electrons. The Morgan fingerprint density at radius 2 is 2.53 bits per heavy atom. The molecule has 1 unspecified atom stereocenters. The summed E-state index contributed by atoms with van der Waals surface area (Å²) in [4.78, 5) is 20.7. The summed E-state index contributed by atoms with van der Waals surface area (Å²) in [6, 6.07) is 3.71. The quantitative estimate of drug-likeness (QED) is 0.798. The highest BCUT2D eigenvalue weighted by molar-refractivity contribution is 5.79. The fraction of sp³-hybridized carbons (Fsp3) is 0.500. The Labute approximate surface area is 100 Å². The highest BCUT2D eigenvalue weighted by atomic mass is 16.7. The zero-order chi connectivity index (χ0) is 11.9. The molecule has 1 fully saturated rings. The molecule has 0 aliphatic carbocycles. The Morgan fingerprint density at radius 1 is 1.59 bits per heavy atom. The summed E-state index contributed by atoms with van der Waals surface area (Å²) >= 11 is 0. The lowest BCUT2D eigenvalue weighted by Gasteiger charge is -2.21. The lowest BCUT2D eigenvalue weighted by atomic mass is 10.1. The highest BCUT2D eigenvalue weighted by Gasteiger charge is 2.21. The van der Waals surface area contributed by atoms with Gasteiger partial charge in [0.2, 0.25) is 0 Å². The molecule has 2 rings (SSSR count). The van der Waals surface area contributed by atoms with Crippen LogP contribution in [0.25, 0.3) is 0 Å². The van der Waals surface area contributed by atoms with Crippen LogP contribution in [0.5, 0.6) is 0 Å². The van der Waals surface area contributed by atoms with Gasteiger partial charge in [-0.25, -0.2) is 5.48 Å². The normalized spacial score (nSPS) is 19.9. The standard InChI is InChI=1S/C12H16N2O3/c15-12(11-5-1-2-7-16-11)14-17-9-10-4-3-6-13-8-10/h3-4,6,8,11H,1-2,5,7,9H2,(H,14,15). The second-order valence-electron chi connectivity index (χ2n) is 3.97. The summed E-state index contributed by atoms with van der Waals surface area (Å²) in [7, 11) is 0. The van der Waals surface area contributed by atoms with Gasteiger partial charge in [-0.1, -0.05) is 6.07 Å². The van der Waals surface area contributed by atoms with E-state index in [1.807, 2.05) is 12.1 Å². The molecule has 1 saturated heterocycles. The molecule has 5 heteroatoms. The monoisotopic (exact) mass is 236 g/mol. The van der Waals surface area contributed by atoms with E-state index in [1.165, 1.54) is 0 Å². The Hall–Kier alpha value is -1.46. The van der Waals surface area contributed by atoms with E-state index in [1.54, 1.807) is 12.4 Å². The van der Waals surface area contributed by atoms with E-state index in [0.29, 0.717) is 13.2 Å². The van der Waals surface area contributed by atoms with Gasteiger partial charge in [-0.15, -0.1) is 0 Å². The average Bonchev–Trinajstić information content (AvgIpc) is 2.41. The number of carbonyl (C=O) groups excluding carboxylic acids is 1. The van der Waals surface area contributed by atoms with Crippen LogP contribution in [0.4, 0.5) is 0 Å². The molecule has 0 spiro atoms. The lowest BCUT2D eigenvalue weighted by Crippen LogP contribution is -2.38. The SMILES string of the molecule is O=C(NOCc1cccnc1)C1CCCCO1. The number of hydrogen-bond donors (Lipinski definition) is 1. The summed E-state index contributed by atoms with van der Waals surface area (Å²) in [5, 5.41) is 0. The molecular weight excluding hydrogens is 220 g/mol. The van der Waals surface area contributed by atoms with Crippen LogP contribution in [0.15, 0.2) is 24.5 Å². The maximum Gasteiger partial charge on any atom is 0.272 e. The minimum Gasteiger partial charge on any atom is -0.368 e. The van der Waals surface area contributed by atoms with Crippen molar-refractivity contribution in [2.75, 3.05) is 6.61 Å². The number of hydrogen-bond acceptors (Lipinski definition) is 4. The topological polar surface area (TPSA) is 60.5 Å². The minimum atomic E-state index is -0.363. The fourth-order valence-corrected chi connectivity index (χ4v) is 1.69. The van der Waals surface area contributed by atoms with Gasteiger partial charge in [-0.05, 0) is 30.9 Å². The Balaban J connectivity index is 1.69. The number of pyridine rings is 1. The molecule has 0 aromatic carbocycles. The second-order valence-corrected chi connectivity index (χ2v) is 3.97. The molecule has 1 atom stereocenters. The highest BCUT2D eigenvalue weighted by Crippen LogP contribution is 2.12. The maximum absolute atomic E-state index is 11.6. The smallest absolute Gasteiger partial charge is 0.272 e. The summed E-state index contributed by atoms with van der Waals surface area (Å²) < 4.78 is 5.34. The van der Waals surface area contributed by atoms with Crippen LogP contribution in [0.2, 0.25) is 0 Å². The van der Waals surface area contributed by atoms with Crippen molar-refractivity contribution in [2.45, 2.75) is 32.0 Å². The first-order chi connectivity index (χ1) is 8.36. The van der Waals surface area contributed by atoms with Crippen molar-refractivity contribution < 1.29 is 14.4 Å². The van der Waals surface area contributed by atoms with Crippen molar-refractivity contribution >= 4 is 5.91 Å². The van der Waals surface area contributed by atoms with Gasteiger partial charge < -0.3 is 4.74 Å². The van der Waals surface area contributed by atoms with Crippen molar-refractivity contribution in [1.82, 2.24) is 10.5 Å². The molecule has 0 bridgehead atoms. The number of hydroxylamine groups is 1. The zero-order valence-corrected chi connectivity index (χ0v) is 9.59. The molecule has 1 aromatic rings. The molecule has 17 heavy (non-hydrogen) atoms. The van der Waals surface area contributed by atoms with Gasteiger partial charge in [0.1, 0.15) is 12.7 Å². The molecule has 1 aliphatic heterocycles. The third kappa shape index (κ3) is 3.80. The summed E-state index contributed by atoms with van der Waals surface area (Å²) in [6.07, 6.45) is 5.85. The van der Waals surface area contributed by atoms with Crippen LogP contribution in [-0.2, 0) is 21.0 Å². The first kappa shape index (κ1) is 12.0. The predicted octanol–water partition coefficient (Wildman–Crippen LogP) is 1.20. The predicted molar refractivity (Wildman–Crippen MR) is 60.8 cm³/mol. The van der Waals surface area contributed by atoms with Crippen LogP contribution in [0.3, 0.4) is 0 Å². The molecule has 0 saturated carbocycles. The number of carbonyl (C=O) groups is 1. The van der Waals surface area contributed by atoms with Crippen LogP contribution < -0.4 is 5.48 Å². The number of aromatic nitrogens is 1. The molecule has 5 nitrogen and oxygen atoms in total. The van der Waals surface area contributed by atoms with E-state index in [-0.39, 0.29) is 12.0 Å². The molecule has 1 aliphatic rings. The number of rotatable bonds is 4. The Kier molecular flexibility index (Phi) is 4.46. The van der Waals surface area contributed by atoms with Gasteiger partial charge >= 0.3 is 0 Å². The van der Waals surface area contributed by atoms with E-state index in [4.69, 9.17) is 9.57 Å². The Morgan fingerprint density at radius 3 is 3.24 bits per heavy atom. The van der Waals surface area contributed by atoms with Crippen molar-refractivity contribution in [1.29, 1.82) is 0 Å². The van der Waals surface area contributed by atoms with Gasteiger partial charge in [0.15, 0.2) is 0 Å². The van der Waals surface area contributed by atoms with Crippen LogP contribution in [0.1, 0.15) is 24.8 Å². The molecule has 0 radical (unpaired) electrons. The summed E-state index contributed by atoms with van der Waals surface area (Å²) in [5.74, 6) is -0.200. The number of amides is 1. The van der Waals surface area contributed by atoms with Crippen molar-refractivity contribution in [3.8, 4) is 0 Å².